The average Bonchev–Trinajstić information content (AvgIpc) is 2.63. The van der Waals surface area contributed by atoms with Crippen molar-refractivity contribution >= 4 is 5.97 Å². The van der Waals surface area contributed by atoms with Crippen LogP contribution in [-0.2, 0) is 0 Å². The molecule has 0 aliphatic heterocycles. The van der Waals surface area contributed by atoms with Crippen LogP contribution in [0, 0.1) is 13.8 Å². The maximum Gasteiger partial charge on any atom is 0.335 e. The summed E-state index contributed by atoms with van der Waals surface area (Å²) < 4.78 is 1.72. The normalized spacial score (nSPS) is 10.4. The lowest BCUT2D eigenvalue weighted by Crippen LogP contribution is -2.03. The summed E-state index contributed by atoms with van der Waals surface area (Å²) in [4.78, 5) is 10.9. The van der Waals surface area contributed by atoms with Crippen LogP contribution in [-0.4, -0.2) is 20.9 Å². The molecule has 0 bridgehead atoms. The predicted octanol–water partition coefficient (Wildman–Crippen LogP) is 2.19. The van der Waals surface area contributed by atoms with E-state index in [4.69, 9.17) is 5.11 Å². The molecule has 4 nitrogen and oxygen atoms in total. The number of benzene rings is 1. The second kappa shape index (κ2) is 3.81. The maximum atomic E-state index is 10.9. The molecule has 0 unspecified atom stereocenters. The molecule has 0 saturated heterocycles. The number of aromatic nitrogens is 2. The van der Waals surface area contributed by atoms with Crippen LogP contribution in [0.15, 0.2) is 30.5 Å². The van der Waals surface area contributed by atoms with E-state index in [2.05, 4.69) is 5.10 Å². The minimum Gasteiger partial charge on any atom is -0.478 e. The van der Waals surface area contributed by atoms with Gasteiger partial charge in [0, 0.05) is 11.9 Å². The Balaban J connectivity index is 2.58. The molecule has 0 amide bonds. The number of nitrogens with zero attached hydrogens (tertiary/aromatic N) is 2. The first-order chi connectivity index (χ1) is 7.58. The Morgan fingerprint density at radius 1 is 1.31 bits per heavy atom. The van der Waals surface area contributed by atoms with Crippen molar-refractivity contribution in [1.29, 1.82) is 0 Å². The molecule has 0 radical (unpaired) electrons. The van der Waals surface area contributed by atoms with Gasteiger partial charge < -0.3 is 5.11 Å². The van der Waals surface area contributed by atoms with Crippen molar-refractivity contribution in [3.8, 4) is 5.69 Å². The third-order valence-electron chi connectivity index (χ3n) is 2.39. The van der Waals surface area contributed by atoms with Crippen LogP contribution < -0.4 is 0 Å². The molecule has 82 valence electrons. The fraction of sp³-hybridized carbons (Fsp3) is 0.167. The van der Waals surface area contributed by atoms with Gasteiger partial charge in [-0.25, -0.2) is 9.48 Å². The number of rotatable bonds is 2. The summed E-state index contributed by atoms with van der Waals surface area (Å²) in [7, 11) is 0. The summed E-state index contributed by atoms with van der Waals surface area (Å²) in [5.41, 5.74) is 2.94. The SMILES string of the molecule is Cc1cc(C(=O)O)cc(-n2nccc2C)c1. The summed E-state index contributed by atoms with van der Waals surface area (Å²) in [6.45, 7) is 3.80. The van der Waals surface area contributed by atoms with Gasteiger partial charge in [0.25, 0.3) is 0 Å². The molecule has 0 atom stereocenters. The Bertz CT molecular complexity index is 544. The van der Waals surface area contributed by atoms with Crippen LogP contribution >= 0.6 is 0 Å². The van der Waals surface area contributed by atoms with Crippen molar-refractivity contribution in [3.05, 3.63) is 47.3 Å². The number of carboxylic acids is 1. The lowest BCUT2D eigenvalue weighted by molar-refractivity contribution is 0.0696. The fourth-order valence-corrected chi connectivity index (χ4v) is 1.65. The van der Waals surface area contributed by atoms with E-state index in [-0.39, 0.29) is 5.56 Å². The first-order valence-corrected chi connectivity index (χ1v) is 4.94. The van der Waals surface area contributed by atoms with E-state index in [1.807, 2.05) is 26.0 Å². The first kappa shape index (κ1) is 10.4. The highest BCUT2D eigenvalue weighted by Crippen LogP contribution is 2.15. The van der Waals surface area contributed by atoms with Crippen LogP contribution in [0.4, 0.5) is 0 Å². The number of aryl methyl sites for hydroxylation is 2. The molecular weight excluding hydrogens is 204 g/mol. The van der Waals surface area contributed by atoms with Crippen LogP contribution in [0.5, 0.6) is 0 Å². The molecule has 0 aliphatic rings. The summed E-state index contributed by atoms with van der Waals surface area (Å²) in [5.74, 6) is -0.922. The Morgan fingerprint density at radius 2 is 2.06 bits per heavy atom. The van der Waals surface area contributed by atoms with Gasteiger partial charge in [-0.1, -0.05) is 0 Å². The molecule has 2 aromatic rings. The molecular formula is C12H12N2O2. The topological polar surface area (TPSA) is 55.1 Å². The Morgan fingerprint density at radius 3 is 2.62 bits per heavy atom. The van der Waals surface area contributed by atoms with Gasteiger partial charge in [-0.05, 0) is 43.7 Å². The van der Waals surface area contributed by atoms with Crippen LogP contribution in [0.25, 0.3) is 5.69 Å². The summed E-state index contributed by atoms with van der Waals surface area (Å²) >= 11 is 0. The number of aromatic carboxylic acids is 1. The van der Waals surface area contributed by atoms with Crippen molar-refractivity contribution in [2.45, 2.75) is 13.8 Å². The molecule has 2 rings (SSSR count). The van der Waals surface area contributed by atoms with Crippen molar-refractivity contribution in [3.63, 3.8) is 0 Å². The molecule has 0 saturated carbocycles. The van der Waals surface area contributed by atoms with Gasteiger partial charge in [-0.15, -0.1) is 0 Å². The van der Waals surface area contributed by atoms with Gasteiger partial charge in [-0.2, -0.15) is 5.10 Å². The highest BCUT2D eigenvalue weighted by Gasteiger charge is 2.07. The molecule has 1 aromatic carbocycles. The predicted molar refractivity (Wildman–Crippen MR) is 60.0 cm³/mol. The van der Waals surface area contributed by atoms with E-state index in [9.17, 15) is 4.79 Å². The fourth-order valence-electron chi connectivity index (χ4n) is 1.65. The standard InChI is InChI=1S/C12H12N2O2/c1-8-5-10(12(15)16)7-11(6-8)14-9(2)3-4-13-14/h3-7H,1-2H3,(H,15,16). The minimum absolute atomic E-state index is 0.282. The summed E-state index contributed by atoms with van der Waals surface area (Å²) in [5, 5.41) is 13.1. The molecule has 0 fully saturated rings. The van der Waals surface area contributed by atoms with E-state index in [1.165, 1.54) is 0 Å². The molecule has 1 heterocycles. The largest absolute Gasteiger partial charge is 0.478 e. The maximum absolute atomic E-state index is 10.9. The lowest BCUT2D eigenvalue weighted by atomic mass is 10.1. The third kappa shape index (κ3) is 1.82. The highest BCUT2D eigenvalue weighted by molar-refractivity contribution is 5.88. The van der Waals surface area contributed by atoms with Crippen LogP contribution in [0.1, 0.15) is 21.6 Å². The summed E-state index contributed by atoms with van der Waals surface area (Å²) in [6.07, 6.45) is 1.69. The summed E-state index contributed by atoms with van der Waals surface area (Å²) in [6, 6.07) is 7.05. The van der Waals surface area contributed by atoms with Crippen molar-refractivity contribution in [1.82, 2.24) is 9.78 Å². The molecule has 1 aromatic heterocycles. The third-order valence-corrected chi connectivity index (χ3v) is 2.39. The number of carbonyl (C=O) groups is 1. The smallest absolute Gasteiger partial charge is 0.335 e. The molecule has 16 heavy (non-hydrogen) atoms. The Labute approximate surface area is 93.1 Å². The van der Waals surface area contributed by atoms with Gasteiger partial charge in [0.15, 0.2) is 0 Å². The second-order valence-electron chi connectivity index (χ2n) is 3.75. The number of hydrogen-bond acceptors (Lipinski definition) is 2. The van der Waals surface area contributed by atoms with Gasteiger partial charge >= 0.3 is 5.97 Å². The van der Waals surface area contributed by atoms with Gasteiger partial charge in [-0.3, -0.25) is 0 Å². The van der Waals surface area contributed by atoms with E-state index in [1.54, 1.807) is 23.0 Å². The second-order valence-corrected chi connectivity index (χ2v) is 3.75. The Hall–Kier alpha value is -2.10. The van der Waals surface area contributed by atoms with Gasteiger partial charge in [0.2, 0.25) is 0 Å². The van der Waals surface area contributed by atoms with Crippen molar-refractivity contribution in [2.24, 2.45) is 0 Å². The number of carboxylic acid groups (broad SMARTS) is 1. The van der Waals surface area contributed by atoms with E-state index < -0.39 is 5.97 Å². The first-order valence-electron chi connectivity index (χ1n) is 4.94. The zero-order valence-electron chi connectivity index (χ0n) is 9.14. The molecule has 0 spiro atoms. The zero-order valence-corrected chi connectivity index (χ0v) is 9.14. The van der Waals surface area contributed by atoms with Crippen LogP contribution in [0.3, 0.4) is 0 Å². The van der Waals surface area contributed by atoms with Gasteiger partial charge in [0.05, 0.1) is 11.3 Å². The van der Waals surface area contributed by atoms with E-state index in [0.717, 1.165) is 16.9 Å². The van der Waals surface area contributed by atoms with Crippen molar-refractivity contribution < 1.29 is 9.90 Å². The monoisotopic (exact) mass is 216 g/mol. The molecule has 1 N–H and O–H groups in total. The minimum atomic E-state index is -0.922. The highest BCUT2D eigenvalue weighted by atomic mass is 16.4. The van der Waals surface area contributed by atoms with Crippen molar-refractivity contribution in [2.75, 3.05) is 0 Å². The van der Waals surface area contributed by atoms with Crippen LogP contribution in [0.2, 0.25) is 0 Å². The number of hydrogen-bond donors (Lipinski definition) is 1. The lowest BCUT2D eigenvalue weighted by Gasteiger charge is -2.07. The molecule has 0 aliphatic carbocycles. The zero-order chi connectivity index (χ0) is 11.7. The van der Waals surface area contributed by atoms with E-state index in [0.29, 0.717) is 0 Å². The average molecular weight is 216 g/mol. The quantitative estimate of drug-likeness (QED) is 0.837. The molecule has 4 heteroatoms. The van der Waals surface area contributed by atoms with Gasteiger partial charge in [0.1, 0.15) is 0 Å². The Kier molecular flexibility index (Phi) is 2.48. The van der Waals surface area contributed by atoms with E-state index >= 15 is 0 Å².